The first-order chi connectivity index (χ1) is 10.1. The molecule has 7 nitrogen and oxygen atoms in total. The Hall–Kier alpha value is -1.89. The van der Waals surface area contributed by atoms with E-state index < -0.39 is 0 Å². The van der Waals surface area contributed by atoms with Crippen LogP contribution >= 0.6 is 11.6 Å². The van der Waals surface area contributed by atoms with Crippen LogP contribution in [0.2, 0.25) is 0 Å². The van der Waals surface area contributed by atoms with Gasteiger partial charge in [-0.1, -0.05) is 5.16 Å². The molecule has 3 heterocycles. The van der Waals surface area contributed by atoms with Crippen LogP contribution in [0.4, 0.5) is 0 Å². The summed E-state index contributed by atoms with van der Waals surface area (Å²) < 4.78 is 8.83. The van der Waals surface area contributed by atoms with E-state index in [4.69, 9.17) is 16.1 Å². The smallest absolute Gasteiger partial charge is 0.213 e. The van der Waals surface area contributed by atoms with E-state index >= 15 is 0 Å². The van der Waals surface area contributed by atoms with Gasteiger partial charge in [0.2, 0.25) is 6.39 Å². The number of nitrogens with zero attached hydrogens (tertiary/aromatic N) is 6. The average molecular weight is 309 g/mol. The van der Waals surface area contributed by atoms with Crippen molar-refractivity contribution in [3.05, 3.63) is 23.7 Å². The van der Waals surface area contributed by atoms with Crippen molar-refractivity contribution >= 4 is 22.8 Å². The highest BCUT2D eigenvalue weighted by Crippen LogP contribution is 2.26. The highest BCUT2D eigenvalue weighted by atomic mass is 35.5. The summed E-state index contributed by atoms with van der Waals surface area (Å²) in [5.74, 6) is 1.52. The van der Waals surface area contributed by atoms with Gasteiger partial charge in [-0.15, -0.1) is 11.6 Å². The number of alkyl halides is 1. The maximum Gasteiger partial charge on any atom is 0.213 e. The van der Waals surface area contributed by atoms with Crippen LogP contribution in [-0.2, 0) is 19.5 Å². The molecular formula is C13H17ClN6O. The predicted molar refractivity (Wildman–Crippen MR) is 78.2 cm³/mol. The molecule has 3 aromatic rings. The van der Waals surface area contributed by atoms with Crippen LogP contribution in [-0.4, -0.2) is 29.5 Å². The van der Waals surface area contributed by atoms with Crippen molar-refractivity contribution in [2.45, 2.75) is 45.7 Å². The first-order valence-corrected chi connectivity index (χ1v) is 7.38. The van der Waals surface area contributed by atoms with E-state index in [9.17, 15) is 0 Å². The lowest BCUT2D eigenvalue weighted by Crippen LogP contribution is -2.11. The molecule has 0 aromatic carbocycles. The lowest BCUT2D eigenvalue weighted by molar-refractivity contribution is 0.408. The Kier molecular flexibility index (Phi) is 3.67. The zero-order chi connectivity index (χ0) is 15.0. The molecular weight excluding hydrogens is 292 g/mol. The normalized spacial score (nSPS) is 13.1. The highest BCUT2D eigenvalue weighted by molar-refractivity contribution is 6.20. The molecule has 3 aromatic heterocycles. The summed E-state index contributed by atoms with van der Waals surface area (Å²) >= 11 is 6.28. The molecule has 3 rings (SSSR count). The Morgan fingerprint density at radius 3 is 2.86 bits per heavy atom. The third-order valence-corrected chi connectivity index (χ3v) is 3.64. The largest absolute Gasteiger partial charge is 0.343 e. The topological polar surface area (TPSA) is 74.6 Å². The molecule has 0 saturated carbocycles. The number of halogens is 1. The van der Waals surface area contributed by atoms with Crippen LogP contribution in [0.25, 0.3) is 11.2 Å². The van der Waals surface area contributed by atoms with Gasteiger partial charge in [0.05, 0.1) is 11.1 Å². The SMILES string of the molecule is CCn1nc(C)c2nc(C(C)Cl)n(CCc3ncon3)c21. The monoisotopic (exact) mass is 308 g/mol. The third-order valence-electron chi connectivity index (χ3n) is 3.45. The van der Waals surface area contributed by atoms with Crippen molar-refractivity contribution in [3.8, 4) is 0 Å². The molecule has 21 heavy (non-hydrogen) atoms. The Labute approximate surface area is 126 Å². The minimum absolute atomic E-state index is 0.174. The third kappa shape index (κ3) is 2.42. The molecule has 1 unspecified atom stereocenters. The van der Waals surface area contributed by atoms with Crippen molar-refractivity contribution < 1.29 is 4.52 Å². The minimum Gasteiger partial charge on any atom is -0.343 e. The van der Waals surface area contributed by atoms with Gasteiger partial charge in [0, 0.05) is 19.5 Å². The van der Waals surface area contributed by atoms with Crippen molar-refractivity contribution in [3.63, 3.8) is 0 Å². The molecule has 0 amide bonds. The van der Waals surface area contributed by atoms with Gasteiger partial charge in [-0.2, -0.15) is 10.1 Å². The molecule has 0 spiro atoms. The van der Waals surface area contributed by atoms with Crippen molar-refractivity contribution in [2.75, 3.05) is 0 Å². The quantitative estimate of drug-likeness (QED) is 0.677. The second kappa shape index (κ2) is 5.48. The van der Waals surface area contributed by atoms with E-state index in [1.807, 2.05) is 18.5 Å². The Bertz CT molecular complexity index is 742. The van der Waals surface area contributed by atoms with Crippen LogP contribution in [0, 0.1) is 6.92 Å². The zero-order valence-corrected chi connectivity index (χ0v) is 13.0. The molecule has 0 aliphatic rings. The molecule has 0 N–H and O–H groups in total. The summed E-state index contributed by atoms with van der Waals surface area (Å²) in [5.41, 5.74) is 2.83. The van der Waals surface area contributed by atoms with E-state index in [0.29, 0.717) is 18.8 Å². The molecule has 1 atom stereocenters. The van der Waals surface area contributed by atoms with Crippen LogP contribution < -0.4 is 0 Å². The van der Waals surface area contributed by atoms with E-state index in [0.717, 1.165) is 29.2 Å². The van der Waals surface area contributed by atoms with E-state index in [-0.39, 0.29) is 5.38 Å². The standard InChI is InChI=1S/C13H17ClN6O/c1-4-20-13-11(9(3)17-20)16-12(8(2)14)19(13)6-5-10-15-7-21-18-10/h7-8H,4-6H2,1-3H3. The van der Waals surface area contributed by atoms with Crippen molar-refractivity contribution in [1.29, 1.82) is 0 Å². The number of aryl methyl sites for hydroxylation is 4. The van der Waals surface area contributed by atoms with Gasteiger partial charge in [-0.25, -0.2) is 9.67 Å². The number of hydrogen-bond donors (Lipinski definition) is 0. The molecule has 112 valence electrons. The molecule has 0 bridgehead atoms. The number of hydrogen-bond acceptors (Lipinski definition) is 5. The summed E-state index contributed by atoms with van der Waals surface area (Å²) in [6.07, 6.45) is 2.00. The van der Waals surface area contributed by atoms with Crippen LogP contribution in [0.15, 0.2) is 10.9 Å². The average Bonchev–Trinajstić information content (AvgIpc) is 3.13. The maximum absolute atomic E-state index is 6.28. The number of imidazole rings is 1. The lowest BCUT2D eigenvalue weighted by atomic mass is 10.3. The minimum atomic E-state index is -0.174. The van der Waals surface area contributed by atoms with Gasteiger partial charge in [-0.3, -0.25) is 0 Å². The van der Waals surface area contributed by atoms with Gasteiger partial charge in [0.15, 0.2) is 11.5 Å². The zero-order valence-electron chi connectivity index (χ0n) is 12.2. The number of rotatable bonds is 5. The van der Waals surface area contributed by atoms with Gasteiger partial charge in [0.1, 0.15) is 11.3 Å². The Morgan fingerprint density at radius 1 is 1.43 bits per heavy atom. The summed E-state index contributed by atoms with van der Waals surface area (Å²) in [4.78, 5) is 8.71. The molecule has 8 heteroatoms. The van der Waals surface area contributed by atoms with Crippen LogP contribution in [0.1, 0.15) is 36.6 Å². The molecule has 0 saturated heterocycles. The van der Waals surface area contributed by atoms with Gasteiger partial charge >= 0.3 is 0 Å². The van der Waals surface area contributed by atoms with Crippen LogP contribution in [0.5, 0.6) is 0 Å². The van der Waals surface area contributed by atoms with Crippen LogP contribution in [0.3, 0.4) is 0 Å². The summed E-state index contributed by atoms with van der Waals surface area (Å²) in [5, 5.41) is 8.18. The maximum atomic E-state index is 6.28. The first kappa shape index (κ1) is 14.1. The second-order valence-corrected chi connectivity index (χ2v) is 5.56. The Morgan fingerprint density at radius 2 is 2.24 bits per heavy atom. The lowest BCUT2D eigenvalue weighted by Gasteiger charge is -2.10. The van der Waals surface area contributed by atoms with Crippen molar-refractivity contribution in [1.82, 2.24) is 29.5 Å². The fourth-order valence-electron chi connectivity index (χ4n) is 2.50. The Balaban J connectivity index is 2.06. The fourth-order valence-corrected chi connectivity index (χ4v) is 2.67. The predicted octanol–water partition coefficient (Wildman–Crippen LogP) is 2.49. The summed E-state index contributed by atoms with van der Waals surface area (Å²) in [6.45, 7) is 7.43. The fraction of sp³-hybridized carbons (Fsp3) is 0.538. The molecule has 0 fully saturated rings. The highest BCUT2D eigenvalue weighted by Gasteiger charge is 2.20. The van der Waals surface area contributed by atoms with Gasteiger partial charge in [-0.05, 0) is 20.8 Å². The molecule has 0 radical (unpaired) electrons. The van der Waals surface area contributed by atoms with Gasteiger partial charge < -0.3 is 9.09 Å². The molecule has 0 aliphatic heterocycles. The number of aromatic nitrogens is 6. The second-order valence-electron chi connectivity index (χ2n) is 4.91. The first-order valence-electron chi connectivity index (χ1n) is 6.94. The van der Waals surface area contributed by atoms with E-state index in [2.05, 4.69) is 31.7 Å². The van der Waals surface area contributed by atoms with E-state index in [1.165, 1.54) is 6.39 Å². The molecule has 0 aliphatic carbocycles. The van der Waals surface area contributed by atoms with E-state index in [1.54, 1.807) is 0 Å². The number of fused-ring (bicyclic) bond motifs is 1. The summed E-state index contributed by atoms with van der Waals surface area (Å²) in [6, 6.07) is 0. The van der Waals surface area contributed by atoms with Gasteiger partial charge in [0.25, 0.3) is 0 Å². The summed E-state index contributed by atoms with van der Waals surface area (Å²) in [7, 11) is 0. The van der Waals surface area contributed by atoms with Crippen molar-refractivity contribution in [2.24, 2.45) is 0 Å².